The first-order valence-electron chi connectivity index (χ1n) is 6.47. The first-order valence-corrected chi connectivity index (χ1v) is 6.85. The van der Waals surface area contributed by atoms with Gasteiger partial charge in [-0.3, -0.25) is 4.79 Å². The number of aryl methyl sites for hydroxylation is 1. The highest BCUT2D eigenvalue weighted by Gasteiger charge is 2.38. The van der Waals surface area contributed by atoms with E-state index in [1.807, 2.05) is 13.0 Å². The van der Waals surface area contributed by atoms with E-state index in [9.17, 15) is 14.7 Å². The molecule has 7 heteroatoms. The lowest BCUT2D eigenvalue weighted by Gasteiger charge is -2.21. The number of carbonyl (C=O) groups is 2. The third-order valence-corrected chi connectivity index (χ3v) is 3.63. The first-order chi connectivity index (χ1) is 9.88. The standard InChI is InChI=1S/C14H16ClNO5/c1-8-2-3-10(15)12(4-8)21-7-13(18)16-6-9(17)5-11(16)14(19)20/h2-4,9,11,17H,5-7H2,1H3,(H,19,20)/t9-,11-/m0/s1. The smallest absolute Gasteiger partial charge is 0.326 e. The van der Waals surface area contributed by atoms with Crippen molar-refractivity contribution in [2.45, 2.75) is 25.5 Å². The minimum Gasteiger partial charge on any atom is -0.482 e. The molecule has 114 valence electrons. The van der Waals surface area contributed by atoms with Crippen molar-refractivity contribution in [1.29, 1.82) is 0 Å². The molecule has 1 aliphatic heterocycles. The number of rotatable bonds is 4. The molecular weight excluding hydrogens is 298 g/mol. The van der Waals surface area contributed by atoms with Crippen molar-refractivity contribution in [3.63, 3.8) is 0 Å². The maximum Gasteiger partial charge on any atom is 0.326 e. The van der Waals surface area contributed by atoms with Gasteiger partial charge < -0.3 is 19.8 Å². The van der Waals surface area contributed by atoms with E-state index < -0.39 is 24.0 Å². The fourth-order valence-corrected chi connectivity index (χ4v) is 2.44. The van der Waals surface area contributed by atoms with Gasteiger partial charge in [0.15, 0.2) is 6.61 Å². The second-order valence-electron chi connectivity index (χ2n) is 5.01. The lowest BCUT2D eigenvalue weighted by molar-refractivity contribution is -0.148. The largest absolute Gasteiger partial charge is 0.482 e. The van der Waals surface area contributed by atoms with Crippen molar-refractivity contribution in [3.05, 3.63) is 28.8 Å². The molecule has 0 unspecified atom stereocenters. The van der Waals surface area contributed by atoms with Crippen LogP contribution in [0.4, 0.5) is 0 Å². The molecule has 1 amide bonds. The summed E-state index contributed by atoms with van der Waals surface area (Å²) in [5.74, 6) is -1.25. The Morgan fingerprint density at radius 1 is 1.48 bits per heavy atom. The van der Waals surface area contributed by atoms with Crippen molar-refractivity contribution in [2.24, 2.45) is 0 Å². The van der Waals surface area contributed by atoms with E-state index in [1.54, 1.807) is 12.1 Å². The number of aliphatic hydroxyl groups is 1. The van der Waals surface area contributed by atoms with Crippen LogP contribution in [0, 0.1) is 6.92 Å². The first kappa shape index (κ1) is 15.6. The summed E-state index contributed by atoms with van der Waals surface area (Å²) >= 11 is 5.96. The quantitative estimate of drug-likeness (QED) is 0.868. The number of likely N-dealkylation sites (tertiary alicyclic amines) is 1. The molecular formula is C14H16ClNO5. The SMILES string of the molecule is Cc1ccc(Cl)c(OCC(=O)N2C[C@@H](O)C[C@H]2C(=O)O)c1. The van der Waals surface area contributed by atoms with E-state index in [2.05, 4.69) is 0 Å². The van der Waals surface area contributed by atoms with Crippen LogP contribution in [0.3, 0.4) is 0 Å². The van der Waals surface area contributed by atoms with Crippen LogP contribution in [0.15, 0.2) is 18.2 Å². The molecule has 2 rings (SSSR count). The fraction of sp³-hybridized carbons (Fsp3) is 0.429. The fourth-order valence-electron chi connectivity index (χ4n) is 2.27. The van der Waals surface area contributed by atoms with Crippen LogP contribution >= 0.6 is 11.6 Å². The second-order valence-corrected chi connectivity index (χ2v) is 5.42. The van der Waals surface area contributed by atoms with Crippen LogP contribution in [0.1, 0.15) is 12.0 Å². The minimum atomic E-state index is -1.13. The summed E-state index contributed by atoms with van der Waals surface area (Å²) in [6.45, 7) is 1.54. The van der Waals surface area contributed by atoms with Crippen molar-refractivity contribution in [2.75, 3.05) is 13.2 Å². The zero-order valence-corrected chi connectivity index (χ0v) is 12.2. The van der Waals surface area contributed by atoms with Crippen molar-refractivity contribution in [3.8, 4) is 5.75 Å². The summed E-state index contributed by atoms with van der Waals surface area (Å²) in [7, 11) is 0. The van der Waals surface area contributed by atoms with Gasteiger partial charge in [-0.05, 0) is 24.6 Å². The number of halogens is 1. The lowest BCUT2D eigenvalue weighted by atomic mass is 10.2. The van der Waals surface area contributed by atoms with E-state index in [-0.39, 0.29) is 19.6 Å². The van der Waals surface area contributed by atoms with Gasteiger partial charge in [0.1, 0.15) is 11.8 Å². The Bertz CT molecular complexity index is 562. The number of aliphatic carboxylic acids is 1. The molecule has 1 saturated heterocycles. The normalized spacial score (nSPS) is 21.4. The Kier molecular flexibility index (Phi) is 4.69. The van der Waals surface area contributed by atoms with Crippen LogP contribution < -0.4 is 4.74 Å². The Balaban J connectivity index is 2.01. The molecule has 0 aliphatic carbocycles. The van der Waals surface area contributed by atoms with Gasteiger partial charge in [0.2, 0.25) is 0 Å². The minimum absolute atomic E-state index is 0.000704. The highest BCUT2D eigenvalue weighted by atomic mass is 35.5. The van der Waals surface area contributed by atoms with Crippen molar-refractivity contribution in [1.82, 2.24) is 4.90 Å². The van der Waals surface area contributed by atoms with E-state index >= 15 is 0 Å². The van der Waals surface area contributed by atoms with Crippen LogP contribution in [0.2, 0.25) is 5.02 Å². The molecule has 21 heavy (non-hydrogen) atoms. The van der Waals surface area contributed by atoms with E-state index in [0.29, 0.717) is 10.8 Å². The number of hydrogen-bond donors (Lipinski definition) is 2. The lowest BCUT2D eigenvalue weighted by Crippen LogP contribution is -2.42. The van der Waals surface area contributed by atoms with E-state index in [1.165, 1.54) is 0 Å². The van der Waals surface area contributed by atoms with Crippen LogP contribution in [0.25, 0.3) is 0 Å². The third kappa shape index (κ3) is 3.65. The predicted molar refractivity (Wildman–Crippen MR) is 75.4 cm³/mol. The highest BCUT2D eigenvalue weighted by molar-refractivity contribution is 6.32. The molecule has 1 heterocycles. The molecule has 1 aromatic carbocycles. The average molecular weight is 314 g/mol. The molecule has 0 saturated carbocycles. The molecule has 1 fully saturated rings. The van der Waals surface area contributed by atoms with Crippen LogP contribution in [-0.2, 0) is 9.59 Å². The summed E-state index contributed by atoms with van der Waals surface area (Å²) < 4.78 is 5.36. The number of carboxylic acids is 1. The molecule has 0 radical (unpaired) electrons. The Morgan fingerprint density at radius 3 is 2.86 bits per heavy atom. The maximum absolute atomic E-state index is 12.1. The molecule has 0 bridgehead atoms. The molecule has 2 atom stereocenters. The molecule has 2 N–H and O–H groups in total. The molecule has 0 spiro atoms. The predicted octanol–water partition coefficient (Wildman–Crippen LogP) is 1.07. The summed E-state index contributed by atoms with van der Waals surface area (Å²) in [5.41, 5.74) is 0.932. The number of carboxylic acid groups (broad SMARTS) is 1. The zero-order chi connectivity index (χ0) is 15.6. The number of ether oxygens (including phenoxy) is 1. The number of hydrogen-bond acceptors (Lipinski definition) is 4. The van der Waals surface area contributed by atoms with Gasteiger partial charge in [-0.2, -0.15) is 0 Å². The highest BCUT2D eigenvalue weighted by Crippen LogP contribution is 2.25. The average Bonchev–Trinajstić information content (AvgIpc) is 2.82. The Morgan fingerprint density at radius 2 is 2.19 bits per heavy atom. The number of benzene rings is 1. The summed E-state index contributed by atoms with van der Waals surface area (Å²) in [6.07, 6.45) is -0.788. The molecule has 0 aromatic heterocycles. The van der Waals surface area contributed by atoms with Crippen molar-refractivity contribution >= 4 is 23.5 Å². The topological polar surface area (TPSA) is 87.1 Å². The van der Waals surface area contributed by atoms with Gasteiger partial charge in [0.05, 0.1) is 11.1 Å². The number of amides is 1. The van der Waals surface area contributed by atoms with Gasteiger partial charge in [-0.15, -0.1) is 0 Å². The zero-order valence-electron chi connectivity index (χ0n) is 11.5. The van der Waals surface area contributed by atoms with E-state index in [4.69, 9.17) is 21.4 Å². The number of β-amino-alcohol motifs (C(OH)–C–C–N with tert-alkyl or cyclic N) is 1. The monoisotopic (exact) mass is 313 g/mol. The van der Waals surface area contributed by atoms with Crippen LogP contribution in [0.5, 0.6) is 5.75 Å². The molecule has 6 nitrogen and oxygen atoms in total. The van der Waals surface area contributed by atoms with Gasteiger partial charge >= 0.3 is 5.97 Å². The van der Waals surface area contributed by atoms with Gasteiger partial charge in [-0.25, -0.2) is 4.79 Å². The Hall–Kier alpha value is -1.79. The van der Waals surface area contributed by atoms with Gasteiger partial charge in [0.25, 0.3) is 5.91 Å². The number of nitrogens with zero attached hydrogens (tertiary/aromatic N) is 1. The summed E-state index contributed by atoms with van der Waals surface area (Å²) in [6, 6.07) is 4.16. The van der Waals surface area contributed by atoms with Crippen LogP contribution in [-0.4, -0.2) is 52.3 Å². The van der Waals surface area contributed by atoms with E-state index in [0.717, 1.165) is 10.5 Å². The third-order valence-electron chi connectivity index (χ3n) is 3.32. The van der Waals surface area contributed by atoms with Crippen molar-refractivity contribution < 1.29 is 24.5 Å². The van der Waals surface area contributed by atoms with Gasteiger partial charge in [0, 0.05) is 13.0 Å². The summed E-state index contributed by atoms with van der Waals surface area (Å²) in [4.78, 5) is 24.2. The van der Waals surface area contributed by atoms with Gasteiger partial charge in [-0.1, -0.05) is 17.7 Å². The summed E-state index contributed by atoms with van der Waals surface area (Å²) in [5, 5.41) is 18.9. The number of aliphatic hydroxyl groups excluding tert-OH is 1. The Labute approximate surface area is 126 Å². The number of carbonyl (C=O) groups excluding carboxylic acids is 1. The maximum atomic E-state index is 12.1. The molecule has 1 aliphatic rings. The molecule has 1 aromatic rings. The second kappa shape index (κ2) is 6.32.